The number of carbonyl (C=O) groups is 1. The number of aromatic nitrogens is 2. The molecule has 0 saturated heterocycles. The molecule has 102 valence electrons. The van der Waals surface area contributed by atoms with Gasteiger partial charge in [-0.15, -0.1) is 11.3 Å². The topological polar surface area (TPSA) is 67.2 Å². The Bertz CT molecular complexity index is 606. The number of rotatable bonds is 5. The number of thiophene rings is 1. The van der Waals surface area contributed by atoms with Crippen molar-refractivity contribution in [3.8, 4) is 0 Å². The molecular formula is C12H14ClN3O2S. The van der Waals surface area contributed by atoms with E-state index in [1.54, 1.807) is 18.7 Å². The number of halogens is 1. The summed E-state index contributed by atoms with van der Waals surface area (Å²) in [7, 11) is 1.73. The van der Waals surface area contributed by atoms with Gasteiger partial charge in [-0.05, 0) is 25.5 Å². The van der Waals surface area contributed by atoms with Gasteiger partial charge in [0.2, 0.25) is 0 Å². The normalized spacial score (nSPS) is 10.7. The molecule has 2 N–H and O–H groups in total. The number of aromatic carboxylic acids is 1. The third-order valence-electron chi connectivity index (χ3n) is 2.73. The van der Waals surface area contributed by atoms with Crippen molar-refractivity contribution in [2.45, 2.75) is 13.3 Å². The van der Waals surface area contributed by atoms with E-state index in [0.29, 0.717) is 18.1 Å². The summed E-state index contributed by atoms with van der Waals surface area (Å²) >= 11 is 7.39. The molecule has 19 heavy (non-hydrogen) atoms. The van der Waals surface area contributed by atoms with Crippen LogP contribution in [0.1, 0.15) is 20.9 Å². The fourth-order valence-corrected chi connectivity index (χ4v) is 2.99. The van der Waals surface area contributed by atoms with E-state index < -0.39 is 5.97 Å². The summed E-state index contributed by atoms with van der Waals surface area (Å²) < 4.78 is 2.32. The fourth-order valence-electron chi connectivity index (χ4n) is 1.91. The lowest BCUT2D eigenvalue weighted by Crippen LogP contribution is -2.11. The molecule has 0 aromatic carbocycles. The van der Waals surface area contributed by atoms with Crippen molar-refractivity contribution in [2.24, 2.45) is 7.05 Å². The molecule has 0 saturated carbocycles. The Morgan fingerprint density at radius 1 is 1.58 bits per heavy atom. The van der Waals surface area contributed by atoms with Gasteiger partial charge in [0.05, 0.1) is 10.0 Å². The Balaban J connectivity index is 2.05. The predicted octanol–water partition coefficient (Wildman–Crippen LogP) is 2.80. The molecule has 2 heterocycles. The number of anilines is 1. The lowest BCUT2D eigenvalue weighted by molar-refractivity contribution is 0.0697. The van der Waals surface area contributed by atoms with E-state index in [1.165, 1.54) is 11.3 Å². The number of carboxylic acid groups (broad SMARTS) is 1. The van der Waals surface area contributed by atoms with E-state index in [0.717, 1.165) is 15.6 Å². The highest BCUT2D eigenvalue weighted by molar-refractivity contribution is 7.16. The Kier molecular flexibility index (Phi) is 4.11. The number of hydrogen-bond donors (Lipinski definition) is 2. The van der Waals surface area contributed by atoms with Crippen LogP contribution in [0.25, 0.3) is 0 Å². The van der Waals surface area contributed by atoms with Crippen molar-refractivity contribution in [1.29, 1.82) is 0 Å². The van der Waals surface area contributed by atoms with Crippen LogP contribution in [0, 0.1) is 6.92 Å². The van der Waals surface area contributed by atoms with Crippen LogP contribution in [-0.4, -0.2) is 27.4 Å². The summed E-state index contributed by atoms with van der Waals surface area (Å²) in [5.74, 6) is -0.431. The maximum absolute atomic E-state index is 11.2. The van der Waals surface area contributed by atoms with E-state index in [4.69, 9.17) is 11.6 Å². The zero-order valence-electron chi connectivity index (χ0n) is 10.6. The standard InChI is InChI=1S/C12H14ClN3O2S/c1-7-10(12(17)18)11(16(2)15-7)14-6-5-8-3-4-9(13)19-8/h3-4,14H,5-6H2,1-2H3,(H,17,18). The summed E-state index contributed by atoms with van der Waals surface area (Å²) in [6, 6.07) is 3.83. The molecule has 0 unspecified atom stereocenters. The van der Waals surface area contributed by atoms with Gasteiger partial charge in [-0.3, -0.25) is 4.68 Å². The van der Waals surface area contributed by atoms with Gasteiger partial charge in [0.1, 0.15) is 11.4 Å². The Hall–Kier alpha value is -1.53. The Morgan fingerprint density at radius 2 is 2.32 bits per heavy atom. The zero-order chi connectivity index (χ0) is 14.0. The van der Waals surface area contributed by atoms with Gasteiger partial charge in [0.25, 0.3) is 0 Å². The van der Waals surface area contributed by atoms with Crippen LogP contribution in [-0.2, 0) is 13.5 Å². The van der Waals surface area contributed by atoms with Gasteiger partial charge in [0.15, 0.2) is 0 Å². The quantitative estimate of drug-likeness (QED) is 0.891. The molecule has 0 aliphatic heterocycles. The average molecular weight is 300 g/mol. The average Bonchev–Trinajstić information content (AvgIpc) is 2.84. The second kappa shape index (κ2) is 5.63. The van der Waals surface area contributed by atoms with E-state index in [2.05, 4.69) is 10.4 Å². The van der Waals surface area contributed by atoms with Crippen LogP contribution >= 0.6 is 22.9 Å². The van der Waals surface area contributed by atoms with Gasteiger partial charge < -0.3 is 10.4 Å². The molecule has 0 fully saturated rings. The molecule has 0 aliphatic rings. The summed E-state index contributed by atoms with van der Waals surface area (Å²) in [6.45, 7) is 2.32. The minimum absolute atomic E-state index is 0.228. The molecule has 5 nitrogen and oxygen atoms in total. The van der Waals surface area contributed by atoms with Crippen LogP contribution in [0.3, 0.4) is 0 Å². The number of hydrogen-bond acceptors (Lipinski definition) is 4. The van der Waals surface area contributed by atoms with Crippen molar-refractivity contribution >= 4 is 34.7 Å². The third kappa shape index (κ3) is 3.08. The smallest absolute Gasteiger partial charge is 0.341 e. The van der Waals surface area contributed by atoms with Crippen molar-refractivity contribution in [3.63, 3.8) is 0 Å². The number of nitrogens with one attached hydrogen (secondary N) is 1. The summed E-state index contributed by atoms with van der Waals surface area (Å²) in [4.78, 5) is 12.3. The molecule has 2 rings (SSSR count). The SMILES string of the molecule is Cc1nn(C)c(NCCc2ccc(Cl)s2)c1C(=O)O. The highest BCUT2D eigenvalue weighted by Crippen LogP contribution is 2.22. The van der Waals surface area contributed by atoms with Crippen molar-refractivity contribution in [3.05, 3.63) is 32.6 Å². The minimum Gasteiger partial charge on any atom is -0.477 e. The third-order valence-corrected chi connectivity index (χ3v) is 4.02. The first kappa shape index (κ1) is 13.9. The number of nitrogens with zero attached hydrogens (tertiary/aromatic N) is 2. The van der Waals surface area contributed by atoms with Crippen molar-refractivity contribution in [1.82, 2.24) is 9.78 Å². The largest absolute Gasteiger partial charge is 0.477 e. The Labute approximate surface area is 119 Å². The molecule has 7 heteroatoms. The molecular weight excluding hydrogens is 286 g/mol. The summed E-state index contributed by atoms with van der Waals surface area (Å²) in [5, 5.41) is 16.4. The summed E-state index contributed by atoms with van der Waals surface area (Å²) in [5.41, 5.74) is 0.739. The van der Waals surface area contributed by atoms with Gasteiger partial charge >= 0.3 is 5.97 Å². The van der Waals surface area contributed by atoms with Gasteiger partial charge in [-0.1, -0.05) is 11.6 Å². The highest BCUT2D eigenvalue weighted by Gasteiger charge is 2.19. The van der Waals surface area contributed by atoms with Gasteiger partial charge in [-0.25, -0.2) is 4.79 Å². The van der Waals surface area contributed by atoms with Crippen molar-refractivity contribution in [2.75, 3.05) is 11.9 Å². The van der Waals surface area contributed by atoms with Gasteiger partial charge in [-0.2, -0.15) is 5.10 Å². The molecule has 0 radical (unpaired) electrons. The van der Waals surface area contributed by atoms with E-state index in [-0.39, 0.29) is 5.56 Å². The fraction of sp³-hybridized carbons (Fsp3) is 0.333. The predicted molar refractivity (Wildman–Crippen MR) is 76.4 cm³/mol. The van der Waals surface area contributed by atoms with E-state index in [9.17, 15) is 9.90 Å². The van der Waals surface area contributed by atoms with Crippen LogP contribution in [0.5, 0.6) is 0 Å². The van der Waals surface area contributed by atoms with E-state index in [1.807, 2.05) is 12.1 Å². The van der Waals surface area contributed by atoms with Crippen LogP contribution < -0.4 is 5.32 Å². The summed E-state index contributed by atoms with van der Waals surface area (Å²) in [6.07, 6.45) is 0.792. The first-order valence-electron chi connectivity index (χ1n) is 5.74. The first-order chi connectivity index (χ1) is 8.99. The van der Waals surface area contributed by atoms with Crippen LogP contribution in [0.2, 0.25) is 4.34 Å². The zero-order valence-corrected chi connectivity index (χ0v) is 12.2. The Morgan fingerprint density at radius 3 is 2.89 bits per heavy atom. The molecule has 0 aliphatic carbocycles. The lowest BCUT2D eigenvalue weighted by atomic mass is 10.2. The maximum Gasteiger partial charge on any atom is 0.341 e. The van der Waals surface area contributed by atoms with Crippen LogP contribution in [0.4, 0.5) is 5.82 Å². The number of carboxylic acids is 1. The molecule has 0 amide bonds. The lowest BCUT2D eigenvalue weighted by Gasteiger charge is -2.07. The molecule has 0 bridgehead atoms. The van der Waals surface area contributed by atoms with Crippen LogP contribution in [0.15, 0.2) is 12.1 Å². The van der Waals surface area contributed by atoms with Gasteiger partial charge in [0, 0.05) is 18.5 Å². The van der Waals surface area contributed by atoms with E-state index >= 15 is 0 Å². The highest BCUT2D eigenvalue weighted by atomic mass is 35.5. The second-order valence-electron chi connectivity index (χ2n) is 4.12. The number of aryl methyl sites for hydroxylation is 2. The first-order valence-corrected chi connectivity index (χ1v) is 6.93. The molecule has 2 aromatic heterocycles. The molecule has 0 spiro atoms. The monoisotopic (exact) mass is 299 g/mol. The minimum atomic E-state index is -0.965. The van der Waals surface area contributed by atoms with Crippen molar-refractivity contribution < 1.29 is 9.90 Å². The second-order valence-corrected chi connectivity index (χ2v) is 5.92. The maximum atomic E-state index is 11.2. The molecule has 0 atom stereocenters. The molecule has 2 aromatic rings.